The molecule has 18 heavy (non-hydrogen) atoms. The summed E-state index contributed by atoms with van der Waals surface area (Å²) in [7, 11) is 0. The molecule has 102 valence electrons. The van der Waals surface area contributed by atoms with Crippen molar-refractivity contribution in [1.82, 2.24) is 5.32 Å². The maximum atomic E-state index is 13.4. The molecule has 0 saturated carbocycles. The number of benzene rings is 1. The lowest BCUT2D eigenvalue weighted by Crippen LogP contribution is -2.21. The summed E-state index contributed by atoms with van der Waals surface area (Å²) in [6, 6.07) is 4.96. The summed E-state index contributed by atoms with van der Waals surface area (Å²) >= 11 is 3.33. The van der Waals surface area contributed by atoms with E-state index in [1.165, 1.54) is 6.07 Å². The van der Waals surface area contributed by atoms with Gasteiger partial charge in [-0.15, -0.1) is 0 Å². The number of hydrogen-bond acceptors (Lipinski definition) is 2. The molecule has 0 saturated heterocycles. The van der Waals surface area contributed by atoms with Crippen LogP contribution >= 0.6 is 15.9 Å². The van der Waals surface area contributed by atoms with Gasteiger partial charge >= 0.3 is 0 Å². The Hall–Kier alpha value is -0.450. The van der Waals surface area contributed by atoms with Crippen molar-refractivity contribution in [3.05, 3.63) is 34.1 Å². The van der Waals surface area contributed by atoms with Crippen molar-refractivity contribution in [3.63, 3.8) is 0 Å². The molecule has 2 nitrogen and oxygen atoms in total. The molecule has 0 amide bonds. The lowest BCUT2D eigenvalue weighted by atomic mass is 9.89. The van der Waals surface area contributed by atoms with Gasteiger partial charge in [0.15, 0.2) is 0 Å². The minimum atomic E-state index is -0.179. The van der Waals surface area contributed by atoms with E-state index >= 15 is 0 Å². The second-order valence-corrected chi connectivity index (χ2v) is 6.25. The van der Waals surface area contributed by atoms with Crippen LogP contribution in [0, 0.1) is 11.2 Å². The van der Waals surface area contributed by atoms with Crippen LogP contribution in [0.2, 0.25) is 0 Å². The minimum absolute atomic E-state index is 0.0251. The summed E-state index contributed by atoms with van der Waals surface area (Å²) in [6.45, 7) is 5.65. The Morgan fingerprint density at radius 3 is 2.78 bits per heavy atom. The fourth-order valence-corrected chi connectivity index (χ4v) is 2.08. The van der Waals surface area contributed by atoms with Crippen LogP contribution in [-0.4, -0.2) is 18.3 Å². The topological polar surface area (TPSA) is 32.3 Å². The van der Waals surface area contributed by atoms with E-state index in [-0.39, 0.29) is 17.8 Å². The first-order valence-electron chi connectivity index (χ1n) is 6.20. The van der Waals surface area contributed by atoms with E-state index in [1.54, 1.807) is 12.1 Å². The first kappa shape index (κ1) is 15.6. The van der Waals surface area contributed by atoms with E-state index in [4.69, 9.17) is 5.11 Å². The number of rotatable bonds is 7. The highest BCUT2D eigenvalue weighted by atomic mass is 79.9. The third kappa shape index (κ3) is 5.46. The molecule has 0 aliphatic carbocycles. The average molecular weight is 318 g/mol. The number of aliphatic hydroxyl groups is 1. The number of aliphatic hydroxyl groups excluding tert-OH is 1. The average Bonchev–Trinajstić information content (AvgIpc) is 2.33. The van der Waals surface area contributed by atoms with Crippen molar-refractivity contribution in [2.24, 2.45) is 5.41 Å². The van der Waals surface area contributed by atoms with Gasteiger partial charge in [0.25, 0.3) is 0 Å². The van der Waals surface area contributed by atoms with Crippen LogP contribution in [0.1, 0.15) is 32.3 Å². The predicted molar refractivity (Wildman–Crippen MR) is 75.9 cm³/mol. The smallest absolute Gasteiger partial charge is 0.127 e. The standard InChI is InChI=1S/C14H21BrFNO/c1-14(2,10-18)6-3-7-17-9-11-8-12(15)4-5-13(11)16/h4-5,8,17-18H,3,6-7,9-10H2,1-2H3. The van der Waals surface area contributed by atoms with Crippen LogP contribution in [0.4, 0.5) is 4.39 Å². The molecule has 0 radical (unpaired) electrons. The molecule has 0 fully saturated rings. The van der Waals surface area contributed by atoms with Gasteiger partial charge < -0.3 is 10.4 Å². The van der Waals surface area contributed by atoms with Gasteiger partial charge in [0.05, 0.1) is 0 Å². The van der Waals surface area contributed by atoms with Crippen LogP contribution in [0.3, 0.4) is 0 Å². The van der Waals surface area contributed by atoms with Crippen LogP contribution < -0.4 is 5.32 Å². The number of halogens is 2. The fraction of sp³-hybridized carbons (Fsp3) is 0.571. The van der Waals surface area contributed by atoms with Crippen LogP contribution in [0.25, 0.3) is 0 Å². The summed E-state index contributed by atoms with van der Waals surface area (Å²) in [5.74, 6) is -0.179. The van der Waals surface area contributed by atoms with Crippen molar-refractivity contribution >= 4 is 15.9 Å². The minimum Gasteiger partial charge on any atom is -0.396 e. The monoisotopic (exact) mass is 317 g/mol. The zero-order valence-corrected chi connectivity index (χ0v) is 12.6. The highest BCUT2D eigenvalue weighted by Crippen LogP contribution is 2.20. The highest BCUT2D eigenvalue weighted by molar-refractivity contribution is 9.10. The van der Waals surface area contributed by atoms with E-state index in [2.05, 4.69) is 21.2 Å². The zero-order valence-electron chi connectivity index (χ0n) is 11.0. The van der Waals surface area contributed by atoms with E-state index in [0.29, 0.717) is 12.1 Å². The lowest BCUT2D eigenvalue weighted by Gasteiger charge is -2.21. The zero-order chi connectivity index (χ0) is 13.6. The maximum absolute atomic E-state index is 13.4. The predicted octanol–water partition coefficient (Wildman–Crippen LogP) is 3.48. The molecule has 0 bridgehead atoms. The van der Waals surface area contributed by atoms with E-state index in [0.717, 1.165) is 23.9 Å². The molecule has 2 N–H and O–H groups in total. The molecule has 0 aromatic heterocycles. The number of hydrogen-bond donors (Lipinski definition) is 2. The Labute approximate surface area is 117 Å². The highest BCUT2D eigenvalue weighted by Gasteiger charge is 2.15. The van der Waals surface area contributed by atoms with Crippen LogP contribution in [0.15, 0.2) is 22.7 Å². The van der Waals surface area contributed by atoms with Gasteiger partial charge in [-0.1, -0.05) is 29.8 Å². The molecule has 0 spiro atoms. The third-order valence-electron chi connectivity index (χ3n) is 2.96. The summed E-state index contributed by atoms with van der Waals surface area (Å²) in [6.07, 6.45) is 1.93. The molecule has 1 aromatic rings. The van der Waals surface area contributed by atoms with Gasteiger partial charge in [0.1, 0.15) is 5.82 Å². The molecule has 0 atom stereocenters. The van der Waals surface area contributed by atoms with Crippen molar-refractivity contribution in [3.8, 4) is 0 Å². The second-order valence-electron chi connectivity index (χ2n) is 5.34. The van der Waals surface area contributed by atoms with Crippen molar-refractivity contribution in [2.75, 3.05) is 13.2 Å². The molecule has 4 heteroatoms. The van der Waals surface area contributed by atoms with Crippen LogP contribution in [-0.2, 0) is 6.54 Å². The van der Waals surface area contributed by atoms with Crippen molar-refractivity contribution < 1.29 is 9.50 Å². The second kappa shape index (κ2) is 7.22. The van der Waals surface area contributed by atoms with Crippen molar-refractivity contribution in [2.45, 2.75) is 33.2 Å². The van der Waals surface area contributed by atoms with Crippen LogP contribution in [0.5, 0.6) is 0 Å². The maximum Gasteiger partial charge on any atom is 0.127 e. The molecule has 1 rings (SSSR count). The van der Waals surface area contributed by atoms with E-state index < -0.39 is 0 Å². The van der Waals surface area contributed by atoms with Gasteiger partial charge in [0.2, 0.25) is 0 Å². The summed E-state index contributed by atoms with van der Waals surface area (Å²) in [4.78, 5) is 0. The van der Waals surface area contributed by atoms with Gasteiger partial charge in [-0.3, -0.25) is 0 Å². The molecule has 0 unspecified atom stereocenters. The van der Waals surface area contributed by atoms with E-state index in [9.17, 15) is 4.39 Å². The van der Waals surface area contributed by atoms with Gasteiger partial charge in [-0.25, -0.2) is 4.39 Å². The SMILES string of the molecule is CC(C)(CO)CCCNCc1cc(Br)ccc1F. The van der Waals surface area contributed by atoms with Gasteiger partial charge in [-0.05, 0) is 43.0 Å². The number of nitrogens with one attached hydrogen (secondary N) is 1. The van der Waals surface area contributed by atoms with Crippen molar-refractivity contribution in [1.29, 1.82) is 0 Å². The first-order valence-corrected chi connectivity index (χ1v) is 6.99. The summed E-state index contributed by atoms with van der Waals surface area (Å²) in [5.41, 5.74) is 0.647. The Bertz CT molecular complexity index is 382. The quantitative estimate of drug-likeness (QED) is 0.755. The van der Waals surface area contributed by atoms with Gasteiger partial charge in [-0.2, -0.15) is 0 Å². The molecule has 1 aromatic carbocycles. The molecule has 0 aliphatic heterocycles. The fourth-order valence-electron chi connectivity index (χ4n) is 1.67. The first-order chi connectivity index (χ1) is 8.44. The molecular formula is C14H21BrFNO. The summed E-state index contributed by atoms with van der Waals surface area (Å²) < 4.78 is 14.3. The Balaban J connectivity index is 2.28. The molecule has 0 aliphatic rings. The van der Waals surface area contributed by atoms with E-state index in [1.807, 2.05) is 13.8 Å². The Kier molecular flexibility index (Phi) is 6.26. The van der Waals surface area contributed by atoms with Gasteiger partial charge in [0, 0.05) is 23.2 Å². The largest absolute Gasteiger partial charge is 0.396 e. The normalized spacial score (nSPS) is 11.8. The third-order valence-corrected chi connectivity index (χ3v) is 3.45. The summed E-state index contributed by atoms with van der Waals surface area (Å²) in [5, 5.41) is 12.3. The Morgan fingerprint density at radius 1 is 1.39 bits per heavy atom. The molecule has 0 heterocycles. The lowest BCUT2D eigenvalue weighted by molar-refractivity contribution is 0.148. The molecular weight excluding hydrogens is 297 g/mol. The Morgan fingerprint density at radius 2 is 2.11 bits per heavy atom.